The molecule has 0 radical (unpaired) electrons. The van der Waals surface area contributed by atoms with Gasteiger partial charge in [0.15, 0.2) is 10.9 Å². The molecule has 0 spiro atoms. The number of hydrogen-bond donors (Lipinski definition) is 2. The van der Waals surface area contributed by atoms with E-state index in [0.717, 1.165) is 11.1 Å². The van der Waals surface area contributed by atoms with Gasteiger partial charge in [-0.2, -0.15) is 0 Å². The molecule has 2 heterocycles. The predicted octanol–water partition coefficient (Wildman–Crippen LogP) is 4.69. The number of rotatable bonds is 10. The Hall–Kier alpha value is -4.11. The number of nitrogens with zero attached hydrogens (tertiary/aromatic N) is 3. The minimum atomic E-state index is -0.263. The molecule has 2 N–H and O–H groups in total. The van der Waals surface area contributed by atoms with Gasteiger partial charge in [-0.15, -0.1) is 16.8 Å². The van der Waals surface area contributed by atoms with Crippen molar-refractivity contribution < 1.29 is 14.0 Å². The number of aryl methyl sites for hydroxylation is 1. The van der Waals surface area contributed by atoms with E-state index < -0.39 is 0 Å². The summed E-state index contributed by atoms with van der Waals surface area (Å²) in [5.41, 5.74) is 3.00. The highest BCUT2D eigenvalue weighted by atomic mass is 32.2. The van der Waals surface area contributed by atoms with Crippen molar-refractivity contribution in [3.05, 3.63) is 96.3 Å². The maximum Gasteiger partial charge on any atom is 0.253 e. The summed E-state index contributed by atoms with van der Waals surface area (Å²) in [7, 11) is 0. The van der Waals surface area contributed by atoms with Crippen LogP contribution in [0.4, 0.5) is 5.69 Å². The Morgan fingerprint density at radius 3 is 2.63 bits per heavy atom. The standard InChI is InChI=1S/C26H25N5O3S/c1-3-14-31-24(22-9-6-15-34-22)29-30-26(31)35-17-23(32)28-21-8-5-4-7-20(21)25(33)27-16-19-12-10-18(2)11-13-19/h3-13,15H,1,14,16-17H2,2H3,(H,27,33)(H,28,32). The molecule has 2 amide bonds. The Morgan fingerprint density at radius 2 is 1.89 bits per heavy atom. The van der Waals surface area contributed by atoms with Crippen molar-refractivity contribution in [1.29, 1.82) is 0 Å². The molecular formula is C26H25N5O3S. The minimum absolute atomic E-state index is 0.0900. The summed E-state index contributed by atoms with van der Waals surface area (Å²) < 4.78 is 7.26. The average molecular weight is 488 g/mol. The van der Waals surface area contributed by atoms with Gasteiger partial charge in [-0.3, -0.25) is 14.2 Å². The molecule has 0 fully saturated rings. The Morgan fingerprint density at radius 1 is 1.09 bits per heavy atom. The van der Waals surface area contributed by atoms with Crippen LogP contribution in [0.3, 0.4) is 0 Å². The minimum Gasteiger partial charge on any atom is -0.461 e. The second-order valence-corrected chi connectivity index (χ2v) is 8.68. The van der Waals surface area contributed by atoms with Crippen LogP contribution in [0.2, 0.25) is 0 Å². The number of thioether (sulfide) groups is 1. The fraction of sp³-hybridized carbons (Fsp3) is 0.154. The second kappa shape index (κ2) is 11.3. The molecule has 0 bridgehead atoms. The number of allylic oxidation sites excluding steroid dienone is 1. The van der Waals surface area contributed by atoms with Crippen molar-refractivity contribution >= 4 is 29.3 Å². The Labute approximate surface area is 207 Å². The van der Waals surface area contributed by atoms with Crippen molar-refractivity contribution in [2.75, 3.05) is 11.1 Å². The zero-order valence-electron chi connectivity index (χ0n) is 19.2. The number of anilines is 1. The fourth-order valence-electron chi connectivity index (χ4n) is 3.37. The van der Waals surface area contributed by atoms with E-state index in [4.69, 9.17) is 4.42 Å². The molecule has 8 nitrogen and oxygen atoms in total. The third-order valence-electron chi connectivity index (χ3n) is 5.12. The van der Waals surface area contributed by atoms with E-state index in [0.29, 0.717) is 41.1 Å². The maximum atomic E-state index is 12.8. The number of carbonyl (C=O) groups is 2. The predicted molar refractivity (Wildman–Crippen MR) is 136 cm³/mol. The highest BCUT2D eigenvalue weighted by molar-refractivity contribution is 7.99. The van der Waals surface area contributed by atoms with Crippen LogP contribution >= 0.6 is 11.8 Å². The van der Waals surface area contributed by atoms with Crippen LogP contribution in [0.15, 0.2) is 89.2 Å². The van der Waals surface area contributed by atoms with Gasteiger partial charge in [0.2, 0.25) is 11.7 Å². The van der Waals surface area contributed by atoms with Crippen molar-refractivity contribution in [2.24, 2.45) is 0 Å². The number of hydrogen-bond acceptors (Lipinski definition) is 6. The normalized spacial score (nSPS) is 10.7. The molecule has 2 aromatic carbocycles. The van der Waals surface area contributed by atoms with E-state index >= 15 is 0 Å². The van der Waals surface area contributed by atoms with Crippen molar-refractivity contribution in [1.82, 2.24) is 20.1 Å². The van der Waals surface area contributed by atoms with Crippen LogP contribution in [0.1, 0.15) is 21.5 Å². The summed E-state index contributed by atoms with van der Waals surface area (Å²) >= 11 is 1.24. The van der Waals surface area contributed by atoms with E-state index in [2.05, 4.69) is 27.4 Å². The number of carbonyl (C=O) groups excluding carboxylic acids is 2. The van der Waals surface area contributed by atoms with E-state index in [9.17, 15) is 9.59 Å². The first-order valence-electron chi connectivity index (χ1n) is 11.0. The SMILES string of the molecule is C=CCn1c(SCC(=O)Nc2ccccc2C(=O)NCc2ccc(C)cc2)nnc1-c1ccco1. The first kappa shape index (κ1) is 24.0. The number of para-hydroxylation sites is 1. The first-order chi connectivity index (χ1) is 17.0. The summed E-state index contributed by atoms with van der Waals surface area (Å²) in [5.74, 6) is 0.714. The Bertz CT molecular complexity index is 1310. The molecule has 0 unspecified atom stereocenters. The topological polar surface area (TPSA) is 102 Å². The molecular weight excluding hydrogens is 462 g/mol. The molecule has 35 heavy (non-hydrogen) atoms. The van der Waals surface area contributed by atoms with Crippen LogP contribution in [0.25, 0.3) is 11.6 Å². The number of amides is 2. The molecule has 0 atom stereocenters. The molecule has 9 heteroatoms. The third kappa shape index (κ3) is 6.07. The van der Waals surface area contributed by atoms with Gasteiger partial charge in [-0.05, 0) is 36.8 Å². The summed E-state index contributed by atoms with van der Waals surface area (Å²) in [4.78, 5) is 25.5. The highest BCUT2D eigenvalue weighted by Gasteiger charge is 2.18. The van der Waals surface area contributed by atoms with Crippen LogP contribution in [-0.4, -0.2) is 32.3 Å². The van der Waals surface area contributed by atoms with E-state index in [1.807, 2.05) is 35.8 Å². The number of benzene rings is 2. The lowest BCUT2D eigenvalue weighted by molar-refractivity contribution is -0.113. The zero-order chi connectivity index (χ0) is 24.6. The van der Waals surface area contributed by atoms with Crippen molar-refractivity contribution in [3.63, 3.8) is 0 Å². The molecule has 2 aromatic heterocycles. The lowest BCUT2D eigenvalue weighted by Gasteiger charge is -2.12. The molecule has 178 valence electrons. The Kier molecular flexibility index (Phi) is 7.79. The maximum absolute atomic E-state index is 12.8. The Balaban J connectivity index is 1.39. The summed E-state index contributed by atoms with van der Waals surface area (Å²) in [5, 5.41) is 14.7. The van der Waals surface area contributed by atoms with Crippen LogP contribution in [-0.2, 0) is 17.9 Å². The quantitative estimate of drug-likeness (QED) is 0.248. The van der Waals surface area contributed by atoms with E-state index in [1.165, 1.54) is 11.8 Å². The molecule has 0 aliphatic carbocycles. The molecule has 0 saturated carbocycles. The zero-order valence-corrected chi connectivity index (χ0v) is 20.0. The number of furan rings is 1. The summed E-state index contributed by atoms with van der Waals surface area (Å²) in [6, 6.07) is 18.5. The molecule has 0 aliphatic rings. The van der Waals surface area contributed by atoms with Gasteiger partial charge in [0.1, 0.15) is 0 Å². The largest absolute Gasteiger partial charge is 0.461 e. The third-order valence-corrected chi connectivity index (χ3v) is 6.09. The van der Waals surface area contributed by atoms with Crippen molar-refractivity contribution in [3.8, 4) is 11.6 Å². The van der Waals surface area contributed by atoms with Gasteiger partial charge in [-0.25, -0.2) is 0 Å². The van der Waals surface area contributed by atoms with E-state index in [-0.39, 0.29) is 17.6 Å². The van der Waals surface area contributed by atoms with Crippen LogP contribution in [0.5, 0.6) is 0 Å². The molecule has 0 aliphatic heterocycles. The van der Waals surface area contributed by atoms with Crippen LogP contribution in [0, 0.1) is 6.92 Å². The van der Waals surface area contributed by atoms with Crippen molar-refractivity contribution in [2.45, 2.75) is 25.2 Å². The molecule has 4 rings (SSSR count). The first-order valence-corrected chi connectivity index (χ1v) is 12.0. The molecule has 4 aromatic rings. The average Bonchev–Trinajstić information content (AvgIpc) is 3.53. The monoisotopic (exact) mass is 487 g/mol. The number of nitrogens with one attached hydrogen (secondary N) is 2. The van der Waals surface area contributed by atoms with E-state index in [1.54, 1.807) is 48.7 Å². The number of aromatic nitrogens is 3. The van der Waals surface area contributed by atoms with Gasteiger partial charge >= 0.3 is 0 Å². The highest BCUT2D eigenvalue weighted by Crippen LogP contribution is 2.25. The van der Waals surface area contributed by atoms with Gasteiger partial charge in [0.05, 0.1) is 23.3 Å². The summed E-state index contributed by atoms with van der Waals surface area (Å²) in [6.07, 6.45) is 3.29. The molecule has 0 saturated heterocycles. The van der Waals surface area contributed by atoms with Crippen LogP contribution < -0.4 is 10.6 Å². The lowest BCUT2D eigenvalue weighted by atomic mass is 10.1. The smallest absolute Gasteiger partial charge is 0.253 e. The van der Waals surface area contributed by atoms with Gasteiger partial charge in [0.25, 0.3) is 5.91 Å². The lowest BCUT2D eigenvalue weighted by Crippen LogP contribution is -2.25. The van der Waals surface area contributed by atoms with Gasteiger partial charge < -0.3 is 15.1 Å². The fourth-order valence-corrected chi connectivity index (χ4v) is 4.11. The summed E-state index contributed by atoms with van der Waals surface area (Å²) in [6.45, 7) is 6.66. The van der Waals surface area contributed by atoms with Gasteiger partial charge in [0, 0.05) is 13.1 Å². The van der Waals surface area contributed by atoms with Gasteiger partial charge in [-0.1, -0.05) is 59.8 Å². The second-order valence-electron chi connectivity index (χ2n) is 7.73.